The SMILES string of the molecule is CCCNCC(=O)Nc1nc2ccccc2nc1Cl. The number of hydrogen-bond acceptors (Lipinski definition) is 4. The fourth-order valence-corrected chi connectivity index (χ4v) is 1.79. The Labute approximate surface area is 116 Å². The van der Waals surface area contributed by atoms with Crippen LogP contribution in [0.2, 0.25) is 5.15 Å². The van der Waals surface area contributed by atoms with Crippen LogP contribution in [0.3, 0.4) is 0 Å². The molecule has 100 valence electrons. The van der Waals surface area contributed by atoms with Gasteiger partial charge >= 0.3 is 0 Å². The first-order chi connectivity index (χ1) is 9.20. The van der Waals surface area contributed by atoms with Gasteiger partial charge in [0.1, 0.15) is 0 Å². The minimum absolute atomic E-state index is 0.181. The second kappa shape index (κ2) is 6.45. The molecule has 0 bridgehead atoms. The Bertz CT molecular complexity index is 588. The molecule has 19 heavy (non-hydrogen) atoms. The quantitative estimate of drug-likeness (QED) is 0.823. The highest BCUT2D eigenvalue weighted by atomic mass is 35.5. The largest absolute Gasteiger partial charge is 0.308 e. The highest BCUT2D eigenvalue weighted by molar-refractivity contribution is 6.32. The molecular formula is C13H15ClN4O. The third-order valence-corrected chi connectivity index (χ3v) is 2.76. The van der Waals surface area contributed by atoms with Crippen LogP contribution >= 0.6 is 11.6 Å². The summed E-state index contributed by atoms with van der Waals surface area (Å²) in [6.45, 7) is 3.07. The van der Waals surface area contributed by atoms with Crippen molar-refractivity contribution < 1.29 is 4.79 Å². The van der Waals surface area contributed by atoms with E-state index < -0.39 is 0 Å². The normalized spacial score (nSPS) is 10.6. The molecule has 1 amide bonds. The van der Waals surface area contributed by atoms with Crippen molar-refractivity contribution in [3.05, 3.63) is 29.4 Å². The maximum atomic E-state index is 11.7. The van der Waals surface area contributed by atoms with Crippen molar-refractivity contribution >= 4 is 34.4 Å². The molecule has 0 spiro atoms. The van der Waals surface area contributed by atoms with Gasteiger partial charge in [-0.05, 0) is 25.1 Å². The molecule has 1 heterocycles. The van der Waals surface area contributed by atoms with Crippen LogP contribution in [0.5, 0.6) is 0 Å². The molecule has 0 aliphatic heterocycles. The Morgan fingerprint density at radius 3 is 2.63 bits per heavy atom. The summed E-state index contributed by atoms with van der Waals surface area (Å²) in [4.78, 5) is 20.2. The van der Waals surface area contributed by atoms with Crippen LogP contribution in [-0.2, 0) is 4.79 Å². The summed E-state index contributed by atoms with van der Waals surface area (Å²) in [6, 6.07) is 7.37. The first kappa shape index (κ1) is 13.7. The van der Waals surface area contributed by atoms with E-state index in [0.717, 1.165) is 13.0 Å². The number of amides is 1. The van der Waals surface area contributed by atoms with Gasteiger partial charge in [0.05, 0.1) is 17.6 Å². The van der Waals surface area contributed by atoms with Crippen LogP contribution in [0.4, 0.5) is 5.82 Å². The first-order valence-corrected chi connectivity index (χ1v) is 6.51. The average Bonchev–Trinajstić information content (AvgIpc) is 2.40. The molecule has 2 rings (SSSR count). The highest BCUT2D eigenvalue weighted by Crippen LogP contribution is 2.20. The first-order valence-electron chi connectivity index (χ1n) is 6.13. The topological polar surface area (TPSA) is 66.9 Å². The van der Waals surface area contributed by atoms with Crippen molar-refractivity contribution in [3.8, 4) is 0 Å². The van der Waals surface area contributed by atoms with Gasteiger partial charge in [0.25, 0.3) is 0 Å². The van der Waals surface area contributed by atoms with Crippen LogP contribution < -0.4 is 10.6 Å². The second-order valence-electron chi connectivity index (χ2n) is 4.08. The average molecular weight is 279 g/mol. The Balaban J connectivity index is 2.11. The lowest BCUT2D eigenvalue weighted by atomic mass is 10.3. The van der Waals surface area contributed by atoms with Crippen molar-refractivity contribution in [3.63, 3.8) is 0 Å². The molecule has 2 N–H and O–H groups in total. The van der Waals surface area contributed by atoms with Crippen molar-refractivity contribution in [2.75, 3.05) is 18.4 Å². The number of fused-ring (bicyclic) bond motifs is 1. The fraction of sp³-hybridized carbons (Fsp3) is 0.308. The maximum absolute atomic E-state index is 11.7. The zero-order chi connectivity index (χ0) is 13.7. The van der Waals surface area contributed by atoms with Gasteiger partial charge in [0.2, 0.25) is 5.91 Å². The van der Waals surface area contributed by atoms with Gasteiger partial charge in [-0.3, -0.25) is 4.79 Å². The number of hydrogen-bond donors (Lipinski definition) is 2. The van der Waals surface area contributed by atoms with Gasteiger partial charge in [0.15, 0.2) is 11.0 Å². The lowest BCUT2D eigenvalue weighted by molar-refractivity contribution is -0.115. The van der Waals surface area contributed by atoms with Crippen molar-refractivity contribution in [1.29, 1.82) is 0 Å². The number of benzene rings is 1. The van der Waals surface area contributed by atoms with E-state index in [1.54, 1.807) is 0 Å². The van der Waals surface area contributed by atoms with E-state index in [1.165, 1.54) is 0 Å². The Hall–Kier alpha value is -1.72. The van der Waals surface area contributed by atoms with Crippen molar-refractivity contribution in [2.45, 2.75) is 13.3 Å². The molecule has 6 heteroatoms. The van der Waals surface area contributed by atoms with E-state index in [4.69, 9.17) is 11.6 Å². The second-order valence-corrected chi connectivity index (χ2v) is 4.43. The zero-order valence-corrected chi connectivity index (χ0v) is 11.4. The van der Waals surface area contributed by atoms with Gasteiger partial charge in [-0.15, -0.1) is 0 Å². The third kappa shape index (κ3) is 3.62. The lowest BCUT2D eigenvalue weighted by Crippen LogP contribution is -2.29. The standard InChI is InChI=1S/C13H15ClN4O/c1-2-7-15-8-11(19)18-13-12(14)16-9-5-3-4-6-10(9)17-13/h3-6,15H,2,7-8H2,1H3,(H,17,18,19). The smallest absolute Gasteiger partial charge is 0.239 e. The summed E-state index contributed by atoms with van der Waals surface area (Å²) >= 11 is 6.00. The molecule has 5 nitrogen and oxygen atoms in total. The number of anilines is 1. The summed E-state index contributed by atoms with van der Waals surface area (Å²) in [7, 11) is 0. The van der Waals surface area contributed by atoms with Gasteiger partial charge in [0, 0.05) is 0 Å². The molecule has 2 aromatic rings. The Morgan fingerprint density at radius 1 is 1.26 bits per heavy atom. The van der Waals surface area contributed by atoms with E-state index in [1.807, 2.05) is 31.2 Å². The lowest BCUT2D eigenvalue weighted by Gasteiger charge is -2.07. The molecule has 0 radical (unpaired) electrons. The minimum atomic E-state index is -0.181. The molecular weight excluding hydrogens is 264 g/mol. The number of halogens is 1. The van der Waals surface area contributed by atoms with Crippen LogP contribution in [0, 0.1) is 0 Å². The minimum Gasteiger partial charge on any atom is -0.308 e. The molecule has 0 aliphatic carbocycles. The summed E-state index contributed by atoms with van der Waals surface area (Å²) < 4.78 is 0. The Kier molecular flexibility index (Phi) is 4.65. The van der Waals surface area contributed by atoms with E-state index in [2.05, 4.69) is 20.6 Å². The molecule has 0 unspecified atom stereocenters. The molecule has 0 aliphatic rings. The summed E-state index contributed by atoms with van der Waals surface area (Å²) in [5.74, 6) is 0.114. The fourth-order valence-electron chi connectivity index (χ4n) is 1.61. The van der Waals surface area contributed by atoms with Gasteiger partial charge in [-0.2, -0.15) is 0 Å². The van der Waals surface area contributed by atoms with Gasteiger partial charge < -0.3 is 10.6 Å². The van der Waals surface area contributed by atoms with Crippen LogP contribution in [0.1, 0.15) is 13.3 Å². The van der Waals surface area contributed by atoms with Crippen LogP contribution in [0.25, 0.3) is 11.0 Å². The molecule has 0 saturated heterocycles. The number of carbonyl (C=O) groups is 1. The highest BCUT2D eigenvalue weighted by Gasteiger charge is 2.09. The monoisotopic (exact) mass is 278 g/mol. The number of para-hydroxylation sites is 2. The predicted molar refractivity (Wildman–Crippen MR) is 76.3 cm³/mol. The van der Waals surface area contributed by atoms with E-state index >= 15 is 0 Å². The molecule has 0 saturated carbocycles. The number of nitrogens with zero attached hydrogens (tertiary/aromatic N) is 2. The summed E-state index contributed by atoms with van der Waals surface area (Å²) in [6.07, 6.45) is 0.976. The maximum Gasteiger partial charge on any atom is 0.239 e. The zero-order valence-electron chi connectivity index (χ0n) is 10.6. The summed E-state index contributed by atoms with van der Waals surface area (Å²) in [5, 5.41) is 5.86. The molecule has 0 atom stereocenters. The van der Waals surface area contributed by atoms with E-state index in [0.29, 0.717) is 16.9 Å². The predicted octanol–water partition coefficient (Wildman–Crippen LogP) is 2.22. The van der Waals surface area contributed by atoms with Gasteiger partial charge in [-0.1, -0.05) is 30.7 Å². The molecule has 1 aromatic carbocycles. The number of nitrogens with one attached hydrogen (secondary N) is 2. The van der Waals surface area contributed by atoms with Gasteiger partial charge in [-0.25, -0.2) is 9.97 Å². The number of aromatic nitrogens is 2. The van der Waals surface area contributed by atoms with Crippen LogP contribution in [-0.4, -0.2) is 29.0 Å². The third-order valence-electron chi connectivity index (χ3n) is 2.50. The van der Waals surface area contributed by atoms with Crippen molar-refractivity contribution in [1.82, 2.24) is 15.3 Å². The van der Waals surface area contributed by atoms with Crippen LogP contribution in [0.15, 0.2) is 24.3 Å². The molecule has 1 aromatic heterocycles. The Morgan fingerprint density at radius 2 is 1.95 bits per heavy atom. The summed E-state index contributed by atoms with van der Waals surface area (Å²) in [5.41, 5.74) is 1.40. The number of carbonyl (C=O) groups excluding carboxylic acids is 1. The van der Waals surface area contributed by atoms with E-state index in [9.17, 15) is 4.79 Å². The number of rotatable bonds is 5. The van der Waals surface area contributed by atoms with E-state index in [-0.39, 0.29) is 17.6 Å². The van der Waals surface area contributed by atoms with Crippen molar-refractivity contribution in [2.24, 2.45) is 0 Å². The molecule has 0 fully saturated rings.